The van der Waals surface area contributed by atoms with E-state index in [1.165, 1.54) is 6.07 Å². The van der Waals surface area contributed by atoms with Gasteiger partial charge in [0.1, 0.15) is 5.82 Å². The molecule has 0 N–H and O–H groups in total. The molecule has 10 heteroatoms. The first-order valence-electron chi connectivity index (χ1n) is 11.8. The van der Waals surface area contributed by atoms with Crippen LogP contribution in [-0.4, -0.2) is 50.0 Å². The fourth-order valence-corrected chi connectivity index (χ4v) is 6.03. The first-order chi connectivity index (χ1) is 16.7. The fourth-order valence-electron chi connectivity index (χ4n) is 5.19. The molecule has 1 aromatic carbocycles. The summed E-state index contributed by atoms with van der Waals surface area (Å²) >= 11 is 1.69. The number of aromatic nitrogens is 4. The summed E-state index contributed by atoms with van der Waals surface area (Å²) in [4.78, 5) is 6.50. The van der Waals surface area contributed by atoms with Crippen LogP contribution in [0.4, 0.5) is 17.6 Å². The molecule has 2 aromatic heterocycles. The number of hydrogen-bond donors (Lipinski definition) is 0. The number of pyridine rings is 1. The molecule has 1 aliphatic carbocycles. The summed E-state index contributed by atoms with van der Waals surface area (Å²) in [6, 6.07) is 6.75. The second-order valence-corrected chi connectivity index (χ2v) is 10.7. The van der Waals surface area contributed by atoms with Crippen LogP contribution in [-0.2, 0) is 19.6 Å². The molecule has 1 saturated heterocycles. The Morgan fingerprint density at radius 2 is 1.94 bits per heavy atom. The Morgan fingerprint density at radius 3 is 2.69 bits per heavy atom. The molecular weight excluding hydrogens is 478 g/mol. The van der Waals surface area contributed by atoms with E-state index < -0.39 is 17.6 Å². The Morgan fingerprint density at radius 1 is 1.14 bits per heavy atom. The smallest absolute Gasteiger partial charge is 0.305 e. The summed E-state index contributed by atoms with van der Waals surface area (Å²) in [5.74, 6) is 1.36. The quantitative estimate of drug-likeness (QED) is 0.231. The lowest BCUT2D eigenvalue weighted by Crippen LogP contribution is -2.23. The third-order valence-electron chi connectivity index (χ3n) is 7.29. The van der Waals surface area contributed by atoms with Gasteiger partial charge in [0.25, 0.3) is 0 Å². The van der Waals surface area contributed by atoms with E-state index in [9.17, 15) is 17.6 Å². The van der Waals surface area contributed by atoms with Crippen LogP contribution in [0.5, 0.6) is 0 Å². The van der Waals surface area contributed by atoms with Crippen LogP contribution < -0.4 is 0 Å². The van der Waals surface area contributed by atoms with Crippen LogP contribution in [0, 0.1) is 17.2 Å². The minimum atomic E-state index is -4.51. The van der Waals surface area contributed by atoms with E-state index in [-0.39, 0.29) is 5.41 Å². The van der Waals surface area contributed by atoms with E-state index in [2.05, 4.69) is 20.1 Å². The number of thioether (sulfide) groups is 1. The largest absolute Gasteiger partial charge is 0.416 e. The number of halogens is 4. The first kappa shape index (κ1) is 24.2. The number of benzene rings is 1. The van der Waals surface area contributed by atoms with E-state index in [0.29, 0.717) is 24.0 Å². The predicted octanol–water partition coefficient (Wildman–Crippen LogP) is 5.47. The third kappa shape index (κ3) is 5.23. The number of alkyl halides is 3. The summed E-state index contributed by atoms with van der Waals surface area (Å²) in [7, 11) is 1.97. The third-order valence-corrected chi connectivity index (χ3v) is 8.40. The molecule has 5 nitrogen and oxygen atoms in total. The van der Waals surface area contributed by atoms with Gasteiger partial charge >= 0.3 is 6.18 Å². The molecule has 1 saturated carbocycles. The van der Waals surface area contributed by atoms with Crippen molar-refractivity contribution in [3.63, 3.8) is 0 Å². The van der Waals surface area contributed by atoms with E-state index in [1.807, 2.05) is 23.7 Å². The van der Waals surface area contributed by atoms with Crippen molar-refractivity contribution in [2.75, 3.05) is 25.4 Å². The topological polar surface area (TPSA) is 46.8 Å². The zero-order valence-corrected chi connectivity index (χ0v) is 20.2. The van der Waals surface area contributed by atoms with Crippen LogP contribution in [0.3, 0.4) is 0 Å². The Kier molecular flexibility index (Phi) is 6.61. The Bertz CT molecular complexity index is 1180. The van der Waals surface area contributed by atoms with Gasteiger partial charge in [0.15, 0.2) is 11.0 Å². The lowest BCUT2D eigenvalue weighted by molar-refractivity contribution is -0.137. The molecule has 3 aromatic rings. The second-order valence-electron chi connectivity index (χ2n) is 9.60. The summed E-state index contributed by atoms with van der Waals surface area (Å²) in [5, 5.41) is 9.51. The van der Waals surface area contributed by atoms with Gasteiger partial charge in [0.05, 0.1) is 5.56 Å². The van der Waals surface area contributed by atoms with Crippen molar-refractivity contribution in [3.8, 4) is 11.4 Å². The Labute approximate surface area is 206 Å². The number of nitrogens with zero attached hydrogens (tertiary/aromatic N) is 5. The van der Waals surface area contributed by atoms with Crippen LogP contribution in [0.25, 0.3) is 11.4 Å². The first-order valence-corrected chi connectivity index (χ1v) is 12.7. The summed E-state index contributed by atoms with van der Waals surface area (Å²) < 4.78 is 54.6. The predicted molar refractivity (Wildman–Crippen MR) is 126 cm³/mol. The molecule has 2 fully saturated rings. The van der Waals surface area contributed by atoms with Crippen LogP contribution in [0.2, 0.25) is 0 Å². The standard InChI is InChI=1S/C25H27F4N5S/c1-33-22(17-5-8-30-9-6-17)31-32-23(33)35-12-2-10-34-11-7-24(16-34)15-20(24)13-18-3-4-19(14-21(18)26)25(27,28)29/h3-6,8-9,14,20H,2,7,10-13,15-16H2,1H3/t20?,24-/m0/s1. The maximum Gasteiger partial charge on any atom is 0.416 e. The number of likely N-dealkylation sites (tertiary alicyclic amines) is 1. The lowest BCUT2D eigenvalue weighted by atomic mass is 9.97. The molecule has 1 spiro atoms. The zero-order valence-electron chi connectivity index (χ0n) is 19.4. The molecule has 0 amide bonds. The highest BCUT2D eigenvalue weighted by atomic mass is 32.2. The highest BCUT2D eigenvalue weighted by Crippen LogP contribution is 2.59. The van der Waals surface area contributed by atoms with Crippen molar-refractivity contribution >= 4 is 11.8 Å². The second kappa shape index (κ2) is 9.54. The highest BCUT2D eigenvalue weighted by Gasteiger charge is 2.56. The minimum absolute atomic E-state index is 0.200. The molecular formula is C25H27F4N5S. The summed E-state index contributed by atoms with van der Waals surface area (Å²) in [5.41, 5.74) is 0.652. The van der Waals surface area contributed by atoms with Crippen molar-refractivity contribution < 1.29 is 17.6 Å². The average Bonchev–Trinajstić information content (AvgIpc) is 3.12. The summed E-state index contributed by atoms with van der Waals surface area (Å²) in [6.07, 6.45) is 2.60. The molecule has 1 unspecified atom stereocenters. The maximum absolute atomic E-state index is 14.3. The molecule has 2 atom stereocenters. The summed E-state index contributed by atoms with van der Waals surface area (Å²) in [6.45, 7) is 3.00. The van der Waals surface area contributed by atoms with Gasteiger partial charge < -0.3 is 9.47 Å². The molecule has 1 aliphatic heterocycles. The molecule has 0 radical (unpaired) electrons. The monoisotopic (exact) mass is 505 g/mol. The van der Waals surface area contributed by atoms with Crippen molar-refractivity contribution in [3.05, 3.63) is 59.7 Å². The Hall–Kier alpha value is -2.46. The van der Waals surface area contributed by atoms with Gasteiger partial charge in [0.2, 0.25) is 0 Å². The molecule has 5 rings (SSSR count). The van der Waals surface area contributed by atoms with Crippen molar-refractivity contribution in [1.82, 2.24) is 24.6 Å². The van der Waals surface area contributed by atoms with Gasteiger partial charge in [-0.25, -0.2) is 4.39 Å². The molecule has 2 aliphatic rings. The zero-order chi connectivity index (χ0) is 24.6. The van der Waals surface area contributed by atoms with Crippen LogP contribution in [0.15, 0.2) is 47.9 Å². The maximum atomic E-state index is 14.3. The van der Waals surface area contributed by atoms with E-state index in [4.69, 9.17) is 0 Å². The van der Waals surface area contributed by atoms with Gasteiger partial charge in [-0.15, -0.1) is 10.2 Å². The van der Waals surface area contributed by atoms with Crippen molar-refractivity contribution in [2.45, 2.75) is 37.0 Å². The van der Waals surface area contributed by atoms with Gasteiger partial charge in [-0.2, -0.15) is 13.2 Å². The number of hydrogen-bond acceptors (Lipinski definition) is 5. The van der Waals surface area contributed by atoms with Crippen molar-refractivity contribution in [2.24, 2.45) is 18.4 Å². The number of rotatable bonds is 8. The lowest BCUT2D eigenvalue weighted by Gasteiger charge is -2.16. The molecule has 0 bridgehead atoms. The van der Waals surface area contributed by atoms with Crippen molar-refractivity contribution in [1.29, 1.82) is 0 Å². The van der Waals surface area contributed by atoms with E-state index in [1.54, 1.807) is 24.2 Å². The average molecular weight is 506 g/mol. The normalized spacial score (nSPS) is 22.3. The van der Waals surface area contributed by atoms with E-state index in [0.717, 1.165) is 67.3 Å². The van der Waals surface area contributed by atoms with Gasteiger partial charge in [0, 0.05) is 37.3 Å². The SMILES string of the molecule is Cn1c(SCCCN2CC[C@]3(CC3Cc3ccc(C(F)(F)F)cc3F)C2)nnc1-c1ccncc1. The highest BCUT2D eigenvalue weighted by molar-refractivity contribution is 7.99. The van der Waals surface area contributed by atoms with Crippen LogP contribution in [0.1, 0.15) is 30.4 Å². The van der Waals surface area contributed by atoms with Gasteiger partial charge in [-0.3, -0.25) is 4.98 Å². The van der Waals surface area contributed by atoms with Crippen LogP contribution >= 0.6 is 11.8 Å². The molecule has 35 heavy (non-hydrogen) atoms. The van der Waals surface area contributed by atoms with Gasteiger partial charge in [-0.1, -0.05) is 17.8 Å². The van der Waals surface area contributed by atoms with E-state index >= 15 is 0 Å². The Balaban J connectivity index is 1.07. The fraction of sp³-hybridized carbons (Fsp3) is 0.480. The molecule has 3 heterocycles. The molecule has 186 valence electrons. The minimum Gasteiger partial charge on any atom is -0.305 e. The van der Waals surface area contributed by atoms with Gasteiger partial charge in [-0.05, 0) is 79.9 Å².